The number of unbranched alkanes of at least 4 members (excludes halogenated alkanes) is 1. The Morgan fingerprint density at radius 1 is 1.50 bits per heavy atom. The van der Waals surface area contributed by atoms with Crippen LogP contribution >= 0.6 is 0 Å². The van der Waals surface area contributed by atoms with Gasteiger partial charge in [-0.3, -0.25) is 0 Å². The van der Waals surface area contributed by atoms with Crippen molar-refractivity contribution in [2.75, 3.05) is 5.75 Å². The lowest BCUT2D eigenvalue weighted by molar-refractivity contribution is 0.587. The SMILES string of the molecule is C=C/C=C/CCCC1C=CCS1(=O)=O. The molecule has 0 amide bonds. The van der Waals surface area contributed by atoms with Gasteiger partial charge in [0.25, 0.3) is 0 Å². The van der Waals surface area contributed by atoms with E-state index in [-0.39, 0.29) is 11.0 Å². The van der Waals surface area contributed by atoms with Crippen molar-refractivity contribution < 1.29 is 8.42 Å². The molecule has 0 saturated carbocycles. The van der Waals surface area contributed by atoms with E-state index in [1.807, 2.05) is 18.2 Å². The summed E-state index contributed by atoms with van der Waals surface area (Å²) in [5, 5.41) is -0.236. The Morgan fingerprint density at radius 3 is 2.86 bits per heavy atom. The van der Waals surface area contributed by atoms with Crippen LogP contribution in [0.15, 0.2) is 37.0 Å². The van der Waals surface area contributed by atoms with Crippen molar-refractivity contribution in [1.29, 1.82) is 0 Å². The molecule has 2 nitrogen and oxygen atoms in total. The molecule has 1 heterocycles. The first kappa shape index (κ1) is 11.2. The molecule has 1 aliphatic rings. The summed E-state index contributed by atoms with van der Waals surface area (Å²) in [6, 6.07) is 0. The van der Waals surface area contributed by atoms with Crippen LogP contribution in [0.5, 0.6) is 0 Å². The zero-order valence-corrected chi connectivity index (χ0v) is 9.04. The summed E-state index contributed by atoms with van der Waals surface area (Å²) < 4.78 is 22.8. The predicted molar refractivity (Wildman–Crippen MR) is 59.9 cm³/mol. The minimum absolute atomic E-state index is 0.222. The van der Waals surface area contributed by atoms with Gasteiger partial charge < -0.3 is 0 Å². The molecular weight excluding hydrogens is 196 g/mol. The zero-order valence-electron chi connectivity index (χ0n) is 8.22. The first-order valence-corrected chi connectivity index (χ1v) is 6.54. The van der Waals surface area contributed by atoms with Crippen LogP contribution in [0, 0.1) is 0 Å². The maximum Gasteiger partial charge on any atom is 0.160 e. The molecule has 0 aliphatic carbocycles. The molecule has 1 atom stereocenters. The molecular formula is C11H16O2S. The third-order valence-electron chi connectivity index (χ3n) is 2.27. The zero-order chi connectivity index (χ0) is 10.4. The van der Waals surface area contributed by atoms with Crippen molar-refractivity contribution in [3.05, 3.63) is 37.0 Å². The lowest BCUT2D eigenvalue weighted by atomic mass is 10.2. The Balaban J connectivity index is 2.28. The minimum Gasteiger partial charge on any atom is -0.228 e. The summed E-state index contributed by atoms with van der Waals surface area (Å²) in [6.45, 7) is 3.56. The molecule has 0 fully saturated rings. The molecule has 0 bridgehead atoms. The van der Waals surface area contributed by atoms with Gasteiger partial charge in [0, 0.05) is 0 Å². The van der Waals surface area contributed by atoms with Crippen LogP contribution in [0.4, 0.5) is 0 Å². The molecule has 0 saturated heterocycles. The van der Waals surface area contributed by atoms with Crippen LogP contribution in [-0.2, 0) is 9.84 Å². The van der Waals surface area contributed by atoms with Crippen LogP contribution in [-0.4, -0.2) is 19.4 Å². The topological polar surface area (TPSA) is 34.1 Å². The Hall–Kier alpha value is -0.830. The molecule has 1 aliphatic heterocycles. The fourth-order valence-corrected chi connectivity index (χ4v) is 2.99. The van der Waals surface area contributed by atoms with E-state index in [4.69, 9.17) is 0 Å². The third kappa shape index (κ3) is 3.14. The van der Waals surface area contributed by atoms with Crippen LogP contribution in [0.2, 0.25) is 0 Å². The van der Waals surface area contributed by atoms with Crippen LogP contribution in [0.1, 0.15) is 19.3 Å². The highest BCUT2D eigenvalue weighted by atomic mass is 32.2. The van der Waals surface area contributed by atoms with Gasteiger partial charge in [-0.1, -0.05) is 37.0 Å². The average molecular weight is 212 g/mol. The molecule has 78 valence electrons. The molecule has 1 rings (SSSR count). The van der Waals surface area contributed by atoms with Crippen LogP contribution in [0.3, 0.4) is 0 Å². The highest BCUT2D eigenvalue weighted by Crippen LogP contribution is 2.18. The molecule has 0 aromatic carbocycles. The van der Waals surface area contributed by atoms with Gasteiger partial charge in [0.1, 0.15) is 0 Å². The number of allylic oxidation sites excluding steroid dienone is 3. The molecule has 3 heteroatoms. The fourth-order valence-electron chi connectivity index (χ4n) is 1.49. The predicted octanol–water partition coefficient (Wildman–Crippen LogP) is 2.25. The Morgan fingerprint density at radius 2 is 2.29 bits per heavy atom. The lowest BCUT2D eigenvalue weighted by Crippen LogP contribution is -2.15. The van der Waals surface area contributed by atoms with E-state index >= 15 is 0 Å². The maximum atomic E-state index is 11.4. The van der Waals surface area contributed by atoms with Crippen LogP contribution < -0.4 is 0 Å². The molecule has 0 aromatic rings. The number of hydrogen-bond acceptors (Lipinski definition) is 2. The van der Waals surface area contributed by atoms with Crippen molar-refractivity contribution in [2.24, 2.45) is 0 Å². The average Bonchev–Trinajstić information content (AvgIpc) is 2.45. The van der Waals surface area contributed by atoms with Gasteiger partial charge in [0.2, 0.25) is 0 Å². The normalized spacial score (nSPS) is 24.4. The fraction of sp³-hybridized carbons (Fsp3) is 0.455. The molecule has 0 spiro atoms. The summed E-state index contributed by atoms with van der Waals surface area (Å²) in [5.41, 5.74) is 0. The van der Waals surface area contributed by atoms with E-state index in [2.05, 4.69) is 6.58 Å². The Bertz CT molecular complexity index is 336. The summed E-state index contributed by atoms with van der Waals surface area (Å²) in [5.74, 6) is 0.222. The second-order valence-corrected chi connectivity index (χ2v) is 5.66. The molecule has 1 unspecified atom stereocenters. The van der Waals surface area contributed by atoms with Crippen molar-refractivity contribution in [3.63, 3.8) is 0 Å². The second-order valence-electron chi connectivity index (χ2n) is 3.39. The van der Waals surface area contributed by atoms with E-state index in [9.17, 15) is 8.42 Å². The van der Waals surface area contributed by atoms with Gasteiger partial charge in [-0.25, -0.2) is 8.42 Å². The number of hydrogen-bond donors (Lipinski definition) is 0. The quantitative estimate of drug-likeness (QED) is 0.398. The Kier molecular flexibility index (Phi) is 4.14. The van der Waals surface area contributed by atoms with Crippen LogP contribution in [0.25, 0.3) is 0 Å². The maximum absolute atomic E-state index is 11.4. The monoisotopic (exact) mass is 212 g/mol. The summed E-state index contributed by atoms with van der Waals surface area (Å²) >= 11 is 0. The first-order chi connectivity index (χ1) is 6.67. The minimum atomic E-state index is -2.84. The van der Waals surface area contributed by atoms with Gasteiger partial charge in [-0.15, -0.1) is 0 Å². The van der Waals surface area contributed by atoms with Gasteiger partial charge >= 0.3 is 0 Å². The first-order valence-electron chi connectivity index (χ1n) is 4.82. The van der Waals surface area contributed by atoms with E-state index in [0.717, 1.165) is 19.3 Å². The largest absolute Gasteiger partial charge is 0.228 e. The molecule has 14 heavy (non-hydrogen) atoms. The van der Waals surface area contributed by atoms with E-state index in [0.29, 0.717) is 0 Å². The van der Waals surface area contributed by atoms with Gasteiger partial charge in [-0.2, -0.15) is 0 Å². The number of rotatable bonds is 5. The standard InChI is InChI=1S/C11H16O2S/c1-2-3-4-5-6-8-11-9-7-10-14(11,12)13/h2-4,7,9,11H,1,5-6,8,10H2/b4-3+. The summed E-state index contributed by atoms with van der Waals surface area (Å²) in [6.07, 6.45) is 11.8. The second kappa shape index (κ2) is 5.15. The lowest BCUT2D eigenvalue weighted by Gasteiger charge is -2.06. The summed E-state index contributed by atoms with van der Waals surface area (Å²) in [7, 11) is -2.84. The third-order valence-corrected chi connectivity index (χ3v) is 4.24. The highest BCUT2D eigenvalue weighted by molar-refractivity contribution is 7.92. The van der Waals surface area contributed by atoms with Gasteiger partial charge in [0.15, 0.2) is 9.84 Å². The number of sulfone groups is 1. The summed E-state index contributed by atoms with van der Waals surface area (Å²) in [4.78, 5) is 0. The highest BCUT2D eigenvalue weighted by Gasteiger charge is 2.25. The van der Waals surface area contributed by atoms with Crippen molar-refractivity contribution >= 4 is 9.84 Å². The van der Waals surface area contributed by atoms with Gasteiger partial charge in [-0.05, 0) is 19.3 Å². The molecule has 0 aromatic heterocycles. The smallest absolute Gasteiger partial charge is 0.160 e. The molecule has 0 radical (unpaired) electrons. The van der Waals surface area contributed by atoms with Crippen molar-refractivity contribution in [3.8, 4) is 0 Å². The van der Waals surface area contributed by atoms with E-state index in [1.54, 1.807) is 12.2 Å². The van der Waals surface area contributed by atoms with Gasteiger partial charge in [0.05, 0.1) is 11.0 Å². The van der Waals surface area contributed by atoms with Crippen molar-refractivity contribution in [1.82, 2.24) is 0 Å². The van der Waals surface area contributed by atoms with E-state index < -0.39 is 9.84 Å². The van der Waals surface area contributed by atoms with E-state index in [1.165, 1.54) is 0 Å². The Labute approximate surface area is 85.9 Å². The molecule has 0 N–H and O–H groups in total. The van der Waals surface area contributed by atoms with Crippen molar-refractivity contribution in [2.45, 2.75) is 24.5 Å².